The van der Waals surface area contributed by atoms with E-state index in [1.54, 1.807) is 0 Å². The summed E-state index contributed by atoms with van der Waals surface area (Å²) in [7, 11) is 0. The minimum atomic E-state index is 0.407. The van der Waals surface area contributed by atoms with Crippen LogP contribution in [-0.4, -0.2) is 5.38 Å². The van der Waals surface area contributed by atoms with Crippen LogP contribution >= 0.6 is 11.6 Å². The van der Waals surface area contributed by atoms with E-state index in [-0.39, 0.29) is 0 Å². The number of rotatable bonds is 2. The molecule has 2 unspecified atom stereocenters. The van der Waals surface area contributed by atoms with Crippen LogP contribution in [0, 0.1) is 19.8 Å². The molecule has 1 aliphatic carbocycles. The molecular weight excluding hydrogens is 204 g/mol. The first kappa shape index (κ1) is 11.0. The Morgan fingerprint density at radius 2 is 2.07 bits per heavy atom. The van der Waals surface area contributed by atoms with Crippen LogP contribution in [0.15, 0.2) is 18.2 Å². The highest BCUT2D eigenvalue weighted by molar-refractivity contribution is 6.20. The van der Waals surface area contributed by atoms with Gasteiger partial charge in [0.2, 0.25) is 0 Å². The quantitative estimate of drug-likeness (QED) is 0.657. The summed E-state index contributed by atoms with van der Waals surface area (Å²) in [5.41, 5.74) is 4.27. The molecule has 0 amide bonds. The lowest BCUT2D eigenvalue weighted by Gasteiger charge is -2.15. The first-order valence-electron chi connectivity index (χ1n) is 5.87. The first-order chi connectivity index (χ1) is 7.16. The van der Waals surface area contributed by atoms with Crippen LogP contribution in [0.5, 0.6) is 0 Å². The van der Waals surface area contributed by atoms with Crippen molar-refractivity contribution in [1.82, 2.24) is 0 Å². The Morgan fingerprint density at radius 3 is 2.73 bits per heavy atom. The van der Waals surface area contributed by atoms with E-state index in [1.807, 2.05) is 0 Å². The molecule has 0 nitrogen and oxygen atoms in total. The second kappa shape index (κ2) is 4.57. The predicted molar refractivity (Wildman–Crippen MR) is 66.6 cm³/mol. The highest BCUT2D eigenvalue weighted by Crippen LogP contribution is 2.33. The van der Waals surface area contributed by atoms with E-state index in [0.29, 0.717) is 11.3 Å². The molecule has 1 saturated carbocycles. The maximum Gasteiger partial charge on any atom is 0.0367 e. The minimum absolute atomic E-state index is 0.407. The summed E-state index contributed by atoms with van der Waals surface area (Å²) in [5, 5.41) is 0.407. The van der Waals surface area contributed by atoms with Gasteiger partial charge in [-0.3, -0.25) is 0 Å². The number of aryl methyl sites for hydroxylation is 2. The molecule has 1 heteroatoms. The Labute approximate surface area is 97.6 Å². The van der Waals surface area contributed by atoms with E-state index in [0.717, 1.165) is 0 Å². The van der Waals surface area contributed by atoms with Gasteiger partial charge in [-0.05, 0) is 50.2 Å². The zero-order chi connectivity index (χ0) is 10.8. The van der Waals surface area contributed by atoms with Gasteiger partial charge in [0.15, 0.2) is 0 Å². The SMILES string of the molecule is Cc1ccc(C)c(CC2CCCC2Cl)c1. The molecule has 0 saturated heterocycles. The lowest BCUT2D eigenvalue weighted by atomic mass is 9.93. The average Bonchev–Trinajstić information content (AvgIpc) is 2.58. The monoisotopic (exact) mass is 222 g/mol. The summed E-state index contributed by atoms with van der Waals surface area (Å²) in [4.78, 5) is 0. The van der Waals surface area contributed by atoms with Gasteiger partial charge in [-0.25, -0.2) is 0 Å². The van der Waals surface area contributed by atoms with Gasteiger partial charge in [0, 0.05) is 5.38 Å². The molecule has 1 aliphatic rings. The Kier molecular flexibility index (Phi) is 3.35. The van der Waals surface area contributed by atoms with Crippen molar-refractivity contribution in [2.45, 2.75) is 44.9 Å². The summed E-state index contributed by atoms with van der Waals surface area (Å²) in [6.45, 7) is 4.36. The fourth-order valence-electron chi connectivity index (χ4n) is 2.52. The summed E-state index contributed by atoms with van der Waals surface area (Å²) in [5.74, 6) is 0.701. The van der Waals surface area contributed by atoms with Gasteiger partial charge in [-0.2, -0.15) is 0 Å². The highest BCUT2D eigenvalue weighted by Gasteiger charge is 2.25. The van der Waals surface area contributed by atoms with E-state index in [1.165, 1.54) is 42.4 Å². The summed E-state index contributed by atoms with van der Waals surface area (Å²) >= 11 is 6.32. The van der Waals surface area contributed by atoms with Crippen molar-refractivity contribution in [2.75, 3.05) is 0 Å². The second-order valence-electron chi connectivity index (χ2n) is 4.84. The largest absolute Gasteiger partial charge is 0.123 e. The van der Waals surface area contributed by atoms with E-state index in [2.05, 4.69) is 32.0 Å². The number of alkyl halides is 1. The van der Waals surface area contributed by atoms with Crippen LogP contribution in [-0.2, 0) is 6.42 Å². The third-order valence-electron chi connectivity index (χ3n) is 3.55. The molecule has 15 heavy (non-hydrogen) atoms. The number of hydrogen-bond acceptors (Lipinski definition) is 0. The third kappa shape index (κ3) is 2.55. The van der Waals surface area contributed by atoms with Gasteiger partial charge < -0.3 is 0 Å². The topological polar surface area (TPSA) is 0 Å². The van der Waals surface area contributed by atoms with Gasteiger partial charge in [-0.1, -0.05) is 30.2 Å². The Bertz CT molecular complexity index is 343. The van der Waals surface area contributed by atoms with E-state index in [4.69, 9.17) is 11.6 Å². The molecule has 0 bridgehead atoms. The predicted octanol–water partition coefficient (Wildman–Crippen LogP) is 4.25. The third-order valence-corrected chi connectivity index (χ3v) is 4.13. The fraction of sp³-hybridized carbons (Fsp3) is 0.571. The van der Waals surface area contributed by atoms with Crippen LogP contribution in [0.1, 0.15) is 36.0 Å². The Morgan fingerprint density at radius 1 is 1.27 bits per heavy atom. The maximum absolute atomic E-state index is 6.32. The van der Waals surface area contributed by atoms with Crippen molar-refractivity contribution < 1.29 is 0 Å². The lowest BCUT2D eigenvalue weighted by Crippen LogP contribution is -2.11. The normalized spacial score (nSPS) is 25.8. The van der Waals surface area contributed by atoms with E-state index in [9.17, 15) is 0 Å². The zero-order valence-electron chi connectivity index (χ0n) is 9.59. The number of hydrogen-bond donors (Lipinski definition) is 0. The van der Waals surface area contributed by atoms with Gasteiger partial charge in [0.05, 0.1) is 0 Å². The second-order valence-corrected chi connectivity index (χ2v) is 5.40. The minimum Gasteiger partial charge on any atom is -0.123 e. The smallest absolute Gasteiger partial charge is 0.0367 e. The van der Waals surface area contributed by atoms with Crippen molar-refractivity contribution in [1.29, 1.82) is 0 Å². The van der Waals surface area contributed by atoms with Crippen LogP contribution in [0.4, 0.5) is 0 Å². The van der Waals surface area contributed by atoms with Crippen molar-refractivity contribution in [3.63, 3.8) is 0 Å². The average molecular weight is 223 g/mol. The van der Waals surface area contributed by atoms with Crippen molar-refractivity contribution in [2.24, 2.45) is 5.92 Å². The van der Waals surface area contributed by atoms with Crippen LogP contribution < -0.4 is 0 Å². The first-order valence-corrected chi connectivity index (χ1v) is 6.30. The van der Waals surface area contributed by atoms with Crippen LogP contribution in [0.25, 0.3) is 0 Å². The van der Waals surface area contributed by atoms with Crippen molar-refractivity contribution in [3.05, 3.63) is 34.9 Å². The standard InChI is InChI=1S/C14H19Cl/c1-10-6-7-11(2)13(8-10)9-12-4-3-5-14(12)15/h6-8,12,14H,3-5,9H2,1-2H3. The molecule has 0 spiro atoms. The molecule has 2 rings (SSSR count). The molecule has 1 aromatic rings. The molecule has 0 N–H and O–H groups in total. The molecule has 0 aliphatic heterocycles. The number of benzene rings is 1. The summed E-state index contributed by atoms with van der Waals surface area (Å²) in [6.07, 6.45) is 4.99. The van der Waals surface area contributed by atoms with Crippen molar-refractivity contribution in [3.8, 4) is 0 Å². The molecule has 82 valence electrons. The zero-order valence-corrected chi connectivity index (χ0v) is 10.3. The molecule has 0 heterocycles. The van der Waals surface area contributed by atoms with E-state index >= 15 is 0 Å². The molecule has 0 aromatic heterocycles. The van der Waals surface area contributed by atoms with Crippen LogP contribution in [0.3, 0.4) is 0 Å². The molecule has 0 radical (unpaired) electrons. The molecule has 1 aromatic carbocycles. The molecular formula is C14H19Cl. The Hall–Kier alpha value is -0.490. The Balaban J connectivity index is 2.12. The molecule has 1 fully saturated rings. The maximum atomic E-state index is 6.32. The van der Waals surface area contributed by atoms with Crippen LogP contribution in [0.2, 0.25) is 0 Å². The summed E-state index contributed by atoms with van der Waals surface area (Å²) in [6, 6.07) is 6.73. The summed E-state index contributed by atoms with van der Waals surface area (Å²) < 4.78 is 0. The van der Waals surface area contributed by atoms with Gasteiger partial charge >= 0.3 is 0 Å². The number of halogens is 1. The van der Waals surface area contributed by atoms with Gasteiger partial charge in [0.1, 0.15) is 0 Å². The fourth-order valence-corrected chi connectivity index (χ4v) is 2.89. The van der Waals surface area contributed by atoms with Gasteiger partial charge in [0.25, 0.3) is 0 Å². The van der Waals surface area contributed by atoms with Crippen molar-refractivity contribution >= 4 is 11.6 Å². The van der Waals surface area contributed by atoms with E-state index < -0.39 is 0 Å². The highest BCUT2D eigenvalue weighted by atomic mass is 35.5. The van der Waals surface area contributed by atoms with Gasteiger partial charge in [-0.15, -0.1) is 11.6 Å². The lowest BCUT2D eigenvalue weighted by molar-refractivity contribution is 0.551. The molecule has 2 atom stereocenters.